The summed E-state index contributed by atoms with van der Waals surface area (Å²) >= 11 is 0. The van der Waals surface area contributed by atoms with Gasteiger partial charge in [-0.15, -0.1) is 0 Å². The first kappa shape index (κ1) is 19.4. The summed E-state index contributed by atoms with van der Waals surface area (Å²) in [5.74, 6) is 0.979. The van der Waals surface area contributed by atoms with Gasteiger partial charge in [-0.1, -0.05) is 6.07 Å². The normalized spacial score (nSPS) is 17.1. The summed E-state index contributed by atoms with van der Waals surface area (Å²) in [6.07, 6.45) is 5.61. The van der Waals surface area contributed by atoms with Gasteiger partial charge in [0.05, 0.1) is 5.92 Å². The Hall–Kier alpha value is -3.52. The molecule has 3 heterocycles. The molecular weight excluding hydrogens is 392 g/mol. The number of rotatable bonds is 5. The Kier molecular flexibility index (Phi) is 5.21. The van der Waals surface area contributed by atoms with Crippen molar-refractivity contribution in [2.75, 3.05) is 18.4 Å². The fourth-order valence-electron chi connectivity index (χ4n) is 4.20. The van der Waals surface area contributed by atoms with Gasteiger partial charge in [0.1, 0.15) is 16.9 Å². The second-order valence-corrected chi connectivity index (χ2v) is 8.04. The molecule has 8 heteroatoms. The average Bonchev–Trinajstić information content (AvgIpc) is 3.43. The van der Waals surface area contributed by atoms with Crippen molar-refractivity contribution in [2.45, 2.75) is 26.3 Å². The van der Waals surface area contributed by atoms with Crippen molar-refractivity contribution >= 4 is 22.6 Å². The van der Waals surface area contributed by atoms with Crippen LogP contribution in [0.1, 0.15) is 24.2 Å². The highest BCUT2D eigenvalue weighted by atomic mass is 16.6. The number of nitrogens with zero attached hydrogens (tertiary/aromatic N) is 5. The topological polar surface area (TPSA) is 89.1 Å². The predicted octanol–water partition coefficient (Wildman–Crippen LogP) is 3.57. The monoisotopic (exact) mass is 416 g/mol. The minimum Gasteiger partial charge on any atom is -0.326 e. The van der Waals surface area contributed by atoms with E-state index in [4.69, 9.17) is 4.63 Å². The second kappa shape index (κ2) is 8.31. The third-order valence-electron chi connectivity index (χ3n) is 5.84. The molecule has 0 bridgehead atoms. The third kappa shape index (κ3) is 4.20. The van der Waals surface area contributed by atoms with Crippen molar-refractivity contribution in [3.8, 4) is 5.69 Å². The lowest BCUT2D eigenvalue weighted by Gasteiger charge is -2.32. The van der Waals surface area contributed by atoms with Gasteiger partial charge >= 0.3 is 0 Å². The maximum Gasteiger partial charge on any atom is 0.228 e. The molecule has 2 aromatic carbocycles. The lowest BCUT2D eigenvalue weighted by molar-refractivity contribution is -0.121. The molecule has 0 radical (unpaired) electrons. The molecule has 1 fully saturated rings. The van der Waals surface area contributed by atoms with Crippen molar-refractivity contribution in [1.29, 1.82) is 0 Å². The van der Waals surface area contributed by atoms with E-state index in [1.165, 1.54) is 0 Å². The number of nitrogens with one attached hydrogen (secondary N) is 1. The minimum atomic E-state index is -0.0261. The molecule has 1 saturated heterocycles. The fraction of sp³-hybridized carbons (Fsp3) is 0.304. The van der Waals surface area contributed by atoms with E-state index in [-0.39, 0.29) is 11.8 Å². The van der Waals surface area contributed by atoms with Gasteiger partial charge in [-0.2, -0.15) is 0 Å². The number of aryl methyl sites for hydroxylation is 1. The van der Waals surface area contributed by atoms with E-state index < -0.39 is 0 Å². The number of carbonyl (C=O) groups excluding carboxylic acids is 1. The zero-order valence-corrected chi connectivity index (χ0v) is 17.4. The number of benzene rings is 2. The molecule has 1 amide bonds. The average molecular weight is 416 g/mol. The molecule has 1 aliphatic heterocycles. The highest BCUT2D eigenvalue weighted by Crippen LogP contribution is 2.22. The maximum atomic E-state index is 12.9. The van der Waals surface area contributed by atoms with Crippen LogP contribution >= 0.6 is 0 Å². The van der Waals surface area contributed by atoms with Gasteiger partial charge in [0, 0.05) is 36.9 Å². The fourth-order valence-corrected chi connectivity index (χ4v) is 4.20. The Morgan fingerprint density at radius 2 is 2.00 bits per heavy atom. The molecule has 0 spiro atoms. The van der Waals surface area contributed by atoms with Gasteiger partial charge in [-0.25, -0.2) is 9.61 Å². The van der Waals surface area contributed by atoms with E-state index in [0.29, 0.717) is 0 Å². The van der Waals surface area contributed by atoms with Gasteiger partial charge < -0.3 is 9.88 Å². The van der Waals surface area contributed by atoms with Crippen LogP contribution in [0.2, 0.25) is 0 Å². The number of likely N-dealkylation sites (tertiary alicyclic amines) is 1. The third-order valence-corrected chi connectivity index (χ3v) is 5.84. The van der Waals surface area contributed by atoms with E-state index >= 15 is 0 Å². The van der Waals surface area contributed by atoms with E-state index in [0.717, 1.165) is 66.3 Å². The second-order valence-electron chi connectivity index (χ2n) is 8.04. The van der Waals surface area contributed by atoms with Crippen LogP contribution in [-0.4, -0.2) is 43.8 Å². The minimum absolute atomic E-state index is 0.0261. The van der Waals surface area contributed by atoms with Crippen molar-refractivity contribution in [1.82, 2.24) is 24.8 Å². The Morgan fingerprint density at radius 3 is 2.81 bits per heavy atom. The largest absolute Gasteiger partial charge is 0.326 e. The summed E-state index contributed by atoms with van der Waals surface area (Å²) in [5.41, 5.74) is 4.50. The van der Waals surface area contributed by atoms with Crippen LogP contribution in [0.3, 0.4) is 0 Å². The van der Waals surface area contributed by atoms with Crippen molar-refractivity contribution in [3.05, 3.63) is 66.2 Å². The Balaban J connectivity index is 1.20. The quantitative estimate of drug-likeness (QED) is 0.535. The van der Waals surface area contributed by atoms with E-state index in [1.807, 2.05) is 60.2 Å². The molecule has 4 aromatic rings. The number of anilines is 1. The number of carbonyl (C=O) groups is 1. The molecule has 31 heavy (non-hydrogen) atoms. The van der Waals surface area contributed by atoms with Crippen LogP contribution in [0.25, 0.3) is 16.7 Å². The summed E-state index contributed by atoms with van der Waals surface area (Å²) < 4.78 is 6.79. The molecule has 0 unspecified atom stereocenters. The van der Waals surface area contributed by atoms with Crippen molar-refractivity contribution < 1.29 is 9.42 Å². The van der Waals surface area contributed by atoms with Crippen LogP contribution in [0.15, 0.2) is 59.5 Å². The number of aromatic nitrogens is 4. The van der Waals surface area contributed by atoms with Crippen LogP contribution in [0.5, 0.6) is 0 Å². The molecule has 1 N–H and O–H groups in total. The van der Waals surface area contributed by atoms with Crippen LogP contribution < -0.4 is 5.32 Å². The Bertz CT molecular complexity index is 1200. The zero-order valence-electron chi connectivity index (χ0n) is 17.4. The molecule has 158 valence electrons. The van der Waals surface area contributed by atoms with Gasteiger partial charge in [0.15, 0.2) is 0 Å². The molecule has 5 rings (SSSR count). The number of imidazole rings is 1. The molecule has 1 atom stereocenters. The first-order valence-corrected chi connectivity index (χ1v) is 10.5. The predicted molar refractivity (Wildman–Crippen MR) is 117 cm³/mol. The zero-order chi connectivity index (χ0) is 21.2. The maximum absolute atomic E-state index is 12.9. The first-order chi connectivity index (χ1) is 15.2. The smallest absolute Gasteiger partial charge is 0.228 e. The number of amides is 1. The molecule has 2 aromatic heterocycles. The standard InChI is InChI=1S/C23H24N6O2/c1-16-24-10-12-29(16)20-7-5-19(6-8-20)25-23(30)18-3-2-11-28(15-18)14-17-4-9-21-22(13-17)27-31-26-21/h4-10,12-13,18H,2-3,11,14-15H2,1H3,(H,25,30)/t18-/m1/s1. The van der Waals surface area contributed by atoms with E-state index in [2.05, 4.69) is 25.5 Å². The highest BCUT2D eigenvalue weighted by molar-refractivity contribution is 5.92. The van der Waals surface area contributed by atoms with Gasteiger partial charge in [0.2, 0.25) is 5.91 Å². The number of hydrogen-bond donors (Lipinski definition) is 1. The lowest BCUT2D eigenvalue weighted by Crippen LogP contribution is -2.40. The summed E-state index contributed by atoms with van der Waals surface area (Å²) in [7, 11) is 0. The summed E-state index contributed by atoms with van der Waals surface area (Å²) in [4.78, 5) is 19.5. The lowest BCUT2D eigenvalue weighted by atomic mass is 9.96. The Morgan fingerprint density at radius 1 is 1.16 bits per heavy atom. The number of fused-ring (bicyclic) bond motifs is 1. The molecular formula is C23H24N6O2. The highest BCUT2D eigenvalue weighted by Gasteiger charge is 2.26. The molecule has 8 nitrogen and oxygen atoms in total. The van der Waals surface area contributed by atoms with Crippen LogP contribution in [0.4, 0.5) is 5.69 Å². The van der Waals surface area contributed by atoms with Gasteiger partial charge in [-0.05, 0) is 78.6 Å². The van der Waals surface area contributed by atoms with Crippen molar-refractivity contribution in [3.63, 3.8) is 0 Å². The molecule has 0 saturated carbocycles. The Labute approximate surface area is 179 Å². The van der Waals surface area contributed by atoms with E-state index in [9.17, 15) is 4.79 Å². The van der Waals surface area contributed by atoms with Crippen molar-refractivity contribution in [2.24, 2.45) is 5.92 Å². The SMILES string of the molecule is Cc1nccn1-c1ccc(NC(=O)[C@@H]2CCCN(Cc3ccc4nonc4c3)C2)cc1. The van der Waals surface area contributed by atoms with Gasteiger partial charge in [-0.3, -0.25) is 9.69 Å². The number of piperidine rings is 1. The first-order valence-electron chi connectivity index (χ1n) is 10.5. The van der Waals surface area contributed by atoms with Crippen LogP contribution in [-0.2, 0) is 11.3 Å². The summed E-state index contributed by atoms with van der Waals surface area (Å²) in [5, 5.41) is 10.8. The van der Waals surface area contributed by atoms with E-state index in [1.54, 1.807) is 6.20 Å². The van der Waals surface area contributed by atoms with Crippen LogP contribution in [0, 0.1) is 12.8 Å². The number of hydrogen-bond acceptors (Lipinski definition) is 6. The molecule has 0 aliphatic carbocycles. The molecule has 1 aliphatic rings. The summed E-state index contributed by atoms with van der Waals surface area (Å²) in [6, 6.07) is 13.8. The van der Waals surface area contributed by atoms with Gasteiger partial charge in [0.25, 0.3) is 0 Å². The summed E-state index contributed by atoms with van der Waals surface area (Å²) in [6.45, 7) is 4.47.